The highest BCUT2D eigenvalue weighted by atomic mass is 16.2. The number of nitrogens with zero attached hydrogens (tertiary/aromatic N) is 4. The molecule has 0 bridgehead atoms. The number of aromatic amines is 1. The van der Waals surface area contributed by atoms with Gasteiger partial charge in [-0.1, -0.05) is 75.7 Å². The number of carbonyl (C=O) groups excluding carboxylic acids is 1. The molecule has 0 aliphatic carbocycles. The van der Waals surface area contributed by atoms with E-state index in [-0.39, 0.29) is 11.4 Å². The van der Waals surface area contributed by atoms with Gasteiger partial charge in [-0.2, -0.15) is 0 Å². The third-order valence-corrected chi connectivity index (χ3v) is 5.41. The zero-order valence-electron chi connectivity index (χ0n) is 25.7. The maximum Gasteiger partial charge on any atom is 0.323 e. The van der Waals surface area contributed by atoms with Gasteiger partial charge in [0.1, 0.15) is 0 Å². The van der Waals surface area contributed by atoms with Gasteiger partial charge in [0.05, 0.1) is 11.4 Å². The Labute approximate surface area is 224 Å². The van der Waals surface area contributed by atoms with Crippen molar-refractivity contribution in [3.05, 3.63) is 72.3 Å². The van der Waals surface area contributed by atoms with Crippen LogP contribution in [0.2, 0.25) is 0 Å². The smallest absolute Gasteiger partial charge is 0.323 e. The molecule has 0 radical (unpaired) electrons. The van der Waals surface area contributed by atoms with Gasteiger partial charge in [0.2, 0.25) is 0 Å². The van der Waals surface area contributed by atoms with Gasteiger partial charge in [0.25, 0.3) is 0 Å². The van der Waals surface area contributed by atoms with E-state index in [1.54, 1.807) is 58.0 Å². The van der Waals surface area contributed by atoms with E-state index in [1.165, 1.54) is 0 Å². The molecule has 3 N–H and O–H groups in total. The Hall–Kier alpha value is -4.20. The summed E-state index contributed by atoms with van der Waals surface area (Å²) in [7, 11) is 0. The average molecular weight is 502 g/mol. The summed E-state index contributed by atoms with van der Waals surface area (Å²) in [4.78, 5) is 14.4. The molecule has 0 atom stereocenters. The standard InChI is InChI=1S/C29H35N7O/c1-19(2)17-36(18-20(3)4)27-15-12-22(24-8-6-7-9-25(24)28-32-34-35-33-28)16-26(27)31-29(37)30-23-13-10-21(5)11-14-23/h6-16,19-20H,17-18H2,1-5H3,(H2,30,31,37)(H,32,33,34,35)/i17D2,18D2. The average Bonchev–Trinajstić information content (AvgIpc) is 3.45. The molecule has 37 heavy (non-hydrogen) atoms. The van der Waals surface area contributed by atoms with Gasteiger partial charge in [-0.25, -0.2) is 9.89 Å². The van der Waals surface area contributed by atoms with Crippen molar-refractivity contribution in [2.45, 2.75) is 34.6 Å². The van der Waals surface area contributed by atoms with E-state index in [0.717, 1.165) is 21.6 Å². The molecule has 192 valence electrons. The van der Waals surface area contributed by atoms with Crippen LogP contribution >= 0.6 is 0 Å². The molecule has 1 heterocycles. The summed E-state index contributed by atoms with van der Waals surface area (Å²) in [5.41, 5.74) is 4.28. The second-order valence-corrected chi connectivity index (χ2v) is 9.38. The number of anilines is 3. The van der Waals surface area contributed by atoms with Gasteiger partial charge < -0.3 is 15.5 Å². The molecule has 3 aromatic carbocycles. The van der Waals surface area contributed by atoms with E-state index in [1.807, 2.05) is 43.3 Å². The van der Waals surface area contributed by atoms with Gasteiger partial charge in [0.15, 0.2) is 5.82 Å². The van der Waals surface area contributed by atoms with E-state index in [2.05, 4.69) is 31.3 Å². The highest BCUT2D eigenvalue weighted by Crippen LogP contribution is 2.36. The summed E-state index contributed by atoms with van der Waals surface area (Å²) in [6, 6.07) is 19.4. The van der Waals surface area contributed by atoms with Crippen LogP contribution in [-0.4, -0.2) is 39.6 Å². The van der Waals surface area contributed by atoms with Crippen molar-refractivity contribution in [3.8, 4) is 22.5 Å². The molecule has 4 aromatic rings. The van der Waals surface area contributed by atoms with Crippen LogP contribution in [0.3, 0.4) is 0 Å². The number of hydrogen-bond donors (Lipinski definition) is 3. The fourth-order valence-electron chi connectivity index (χ4n) is 3.83. The third-order valence-electron chi connectivity index (χ3n) is 5.41. The largest absolute Gasteiger partial charge is 0.369 e. The second kappa shape index (κ2) is 11.7. The predicted octanol–water partition coefficient (Wildman–Crippen LogP) is 6.60. The fourth-order valence-corrected chi connectivity index (χ4v) is 3.83. The SMILES string of the molecule is [2H]C([2H])(C(C)C)N(c1ccc(-c2ccccc2-c2nnn[nH]2)cc1NC(=O)Nc1ccc(C)cc1)C([2H])([2H])C(C)C. The molecule has 0 aliphatic heterocycles. The van der Waals surface area contributed by atoms with Crippen LogP contribution in [0.5, 0.6) is 0 Å². The minimum Gasteiger partial charge on any atom is -0.369 e. The number of aryl methyl sites for hydroxylation is 1. The lowest BCUT2D eigenvalue weighted by atomic mass is 9.97. The van der Waals surface area contributed by atoms with Crippen LogP contribution < -0.4 is 15.5 Å². The Bertz CT molecular complexity index is 1470. The van der Waals surface area contributed by atoms with Gasteiger partial charge in [-0.15, -0.1) is 5.10 Å². The van der Waals surface area contributed by atoms with Crippen LogP contribution in [0, 0.1) is 18.8 Å². The first-order chi connectivity index (χ1) is 19.3. The van der Waals surface area contributed by atoms with Gasteiger partial charge >= 0.3 is 6.03 Å². The summed E-state index contributed by atoms with van der Waals surface area (Å²) in [5.74, 6) is -0.667. The number of nitrogens with one attached hydrogen (secondary N) is 3. The number of H-pyrrole nitrogens is 1. The van der Waals surface area contributed by atoms with Crippen LogP contribution in [0.25, 0.3) is 22.5 Å². The Morgan fingerprint density at radius 2 is 1.62 bits per heavy atom. The first-order valence-corrected chi connectivity index (χ1v) is 12.2. The maximum absolute atomic E-state index is 13.3. The molecule has 4 rings (SSSR count). The molecule has 1 aromatic heterocycles. The minimum absolute atomic E-state index is 0.212. The molecular weight excluding hydrogens is 462 g/mol. The molecule has 0 saturated heterocycles. The first-order valence-electron chi connectivity index (χ1n) is 14.2. The Morgan fingerprint density at radius 3 is 2.24 bits per heavy atom. The fraction of sp³-hybridized carbons (Fsp3) is 0.310. The second-order valence-electron chi connectivity index (χ2n) is 9.38. The summed E-state index contributed by atoms with van der Waals surface area (Å²) >= 11 is 0. The molecule has 2 amide bonds. The van der Waals surface area contributed by atoms with Crippen molar-refractivity contribution in [2.75, 3.05) is 28.5 Å². The van der Waals surface area contributed by atoms with Crippen LogP contribution in [-0.2, 0) is 0 Å². The third kappa shape index (κ3) is 6.73. The van der Waals surface area contributed by atoms with E-state index in [0.29, 0.717) is 17.1 Å². The van der Waals surface area contributed by atoms with Crippen molar-refractivity contribution in [1.29, 1.82) is 0 Å². The summed E-state index contributed by atoms with van der Waals surface area (Å²) < 4.78 is 35.8. The number of benzene rings is 3. The minimum atomic E-state index is -2.09. The molecular formula is C29H35N7O. The summed E-state index contributed by atoms with van der Waals surface area (Å²) in [5, 5.41) is 19.9. The number of aromatic nitrogens is 4. The van der Waals surface area contributed by atoms with Crippen LogP contribution in [0.1, 0.15) is 38.7 Å². The number of hydrogen-bond acceptors (Lipinski definition) is 5. The van der Waals surface area contributed by atoms with Crippen molar-refractivity contribution in [2.24, 2.45) is 11.8 Å². The quantitative estimate of drug-likeness (QED) is 0.240. The lowest BCUT2D eigenvalue weighted by Crippen LogP contribution is -2.32. The van der Waals surface area contributed by atoms with Crippen molar-refractivity contribution in [3.63, 3.8) is 0 Å². The lowest BCUT2D eigenvalue weighted by molar-refractivity contribution is 0.262. The van der Waals surface area contributed by atoms with Gasteiger partial charge in [-0.05, 0) is 64.6 Å². The highest BCUT2D eigenvalue weighted by Gasteiger charge is 2.18. The normalized spacial score (nSPS) is 13.5. The van der Waals surface area contributed by atoms with Gasteiger partial charge in [-0.3, -0.25) is 0 Å². The molecule has 0 spiro atoms. The molecule has 0 unspecified atom stereocenters. The number of rotatable bonds is 9. The van der Waals surface area contributed by atoms with Crippen LogP contribution in [0.15, 0.2) is 66.7 Å². The maximum atomic E-state index is 13.3. The zero-order chi connectivity index (χ0) is 29.9. The topological polar surface area (TPSA) is 98.8 Å². The van der Waals surface area contributed by atoms with E-state index in [9.17, 15) is 4.79 Å². The molecule has 8 nitrogen and oxygen atoms in total. The number of urea groups is 1. The Balaban J connectivity index is 1.87. The number of amides is 2. The van der Waals surface area contributed by atoms with E-state index >= 15 is 0 Å². The first kappa shape index (κ1) is 20.9. The monoisotopic (exact) mass is 501 g/mol. The highest BCUT2D eigenvalue weighted by molar-refractivity contribution is 6.02. The predicted molar refractivity (Wildman–Crippen MR) is 151 cm³/mol. The molecule has 8 heteroatoms. The van der Waals surface area contributed by atoms with Crippen molar-refractivity contribution in [1.82, 2.24) is 20.6 Å². The van der Waals surface area contributed by atoms with Crippen LogP contribution in [0.4, 0.5) is 21.9 Å². The number of carbonyl (C=O) groups is 1. The van der Waals surface area contributed by atoms with E-state index < -0.39 is 30.9 Å². The zero-order valence-corrected chi connectivity index (χ0v) is 21.7. The van der Waals surface area contributed by atoms with Gasteiger partial charge in [0, 0.05) is 29.7 Å². The number of tetrazole rings is 1. The lowest BCUT2D eigenvalue weighted by Gasteiger charge is -2.31. The summed E-state index contributed by atoms with van der Waals surface area (Å²) in [6.45, 7) is 4.58. The Morgan fingerprint density at radius 1 is 0.946 bits per heavy atom. The summed E-state index contributed by atoms with van der Waals surface area (Å²) in [6.07, 6.45) is 0. The molecule has 0 fully saturated rings. The van der Waals surface area contributed by atoms with E-state index in [4.69, 9.17) is 5.48 Å². The molecule has 0 saturated carbocycles. The molecule has 0 aliphatic rings. The van der Waals surface area contributed by atoms with Crippen molar-refractivity contribution >= 4 is 23.1 Å². The van der Waals surface area contributed by atoms with Crippen molar-refractivity contribution < 1.29 is 10.3 Å². The Kier molecular flexibility index (Phi) is 6.62.